The lowest BCUT2D eigenvalue weighted by molar-refractivity contribution is -0.171. The third kappa shape index (κ3) is 4.24. The van der Waals surface area contributed by atoms with E-state index >= 15 is 0 Å². The Balaban J connectivity index is 1.04. The summed E-state index contributed by atoms with van der Waals surface area (Å²) in [4.78, 5) is 26.8. The molecule has 0 spiro atoms. The van der Waals surface area contributed by atoms with Crippen LogP contribution in [0.3, 0.4) is 0 Å². The average molecular weight is 573 g/mol. The quantitative estimate of drug-likeness (QED) is 0.226. The third-order valence-electron chi connectivity index (χ3n) is 14.7. The second-order valence-electron chi connectivity index (χ2n) is 16.9. The van der Waals surface area contributed by atoms with E-state index in [1.54, 1.807) is 11.6 Å². The van der Waals surface area contributed by atoms with Crippen molar-refractivity contribution in [3.8, 4) is 0 Å². The summed E-state index contributed by atoms with van der Waals surface area (Å²) in [5, 5.41) is 0. The summed E-state index contributed by atoms with van der Waals surface area (Å²) in [5.74, 6) is 5.11. The lowest BCUT2D eigenvalue weighted by atomic mass is 9.47. The Morgan fingerprint density at radius 1 is 0.976 bits per heavy atom. The second kappa shape index (κ2) is 10.5. The highest BCUT2D eigenvalue weighted by Crippen LogP contribution is 2.67. The van der Waals surface area contributed by atoms with Gasteiger partial charge in [-0.1, -0.05) is 83.8 Å². The van der Waals surface area contributed by atoms with Gasteiger partial charge in [0.15, 0.2) is 5.78 Å². The molecule has 230 valence electrons. The Bertz CT molecular complexity index is 1190. The van der Waals surface area contributed by atoms with Crippen LogP contribution in [0.2, 0.25) is 0 Å². The number of fused-ring (bicyclic) bond motifs is 6. The Hall–Kier alpha value is -1.64. The molecule has 0 aromatic carbocycles. The van der Waals surface area contributed by atoms with Crippen LogP contribution < -0.4 is 0 Å². The van der Waals surface area contributed by atoms with Crippen LogP contribution in [-0.4, -0.2) is 17.9 Å². The zero-order valence-corrected chi connectivity index (χ0v) is 27.1. The van der Waals surface area contributed by atoms with Gasteiger partial charge in [-0.05, 0) is 122 Å². The molecule has 2 bridgehead atoms. The first-order valence-electron chi connectivity index (χ1n) is 17.9. The maximum Gasteiger partial charge on any atom is 0.317 e. The Labute approximate surface area is 255 Å². The molecule has 0 aromatic heterocycles. The first-order chi connectivity index (χ1) is 20.1. The molecule has 3 nitrogen and oxygen atoms in total. The molecule has 0 unspecified atom stereocenters. The third-order valence-corrected chi connectivity index (χ3v) is 14.7. The Morgan fingerprint density at radius 3 is 2.57 bits per heavy atom. The molecule has 42 heavy (non-hydrogen) atoms. The van der Waals surface area contributed by atoms with Gasteiger partial charge in [0, 0.05) is 12.3 Å². The van der Waals surface area contributed by atoms with Gasteiger partial charge in [-0.2, -0.15) is 0 Å². The summed E-state index contributed by atoms with van der Waals surface area (Å²) in [6, 6.07) is 0. The topological polar surface area (TPSA) is 43.4 Å². The van der Waals surface area contributed by atoms with Crippen LogP contribution in [0, 0.1) is 69.5 Å². The normalized spacial score (nSPS) is 47.5. The SMILES string of the molecule is CC(C)CCC[C@H](C)[C@H]1CC[C@H]2[C@@H]3CC=C4C[C@H](OC(=O)[C@@]56C=CC(=O)[C@@H]5[C@H]5C=C[C@H]6CC5)CC[C@]4(C)[C@H]3CC[C@]12C. The number of allylic oxidation sites excluding steroid dienone is 4. The molecular weight excluding hydrogens is 516 g/mol. The maximum atomic E-state index is 13.9. The minimum atomic E-state index is -0.750. The van der Waals surface area contributed by atoms with Crippen molar-refractivity contribution < 1.29 is 14.3 Å². The van der Waals surface area contributed by atoms with Crippen molar-refractivity contribution in [1.82, 2.24) is 0 Å². The summed E-state index contributed by atoms with van der Waals surface area (Å²) in [6.45, 7) is 12.5. The highest BCUT2D eigenvalue weighted by atomic mass is 16.5. The smallest absolute Gasteiger partial charge is 0.317 e. The molecule has 0 aliphatic heterocycles. The van der Waals surface area contributed by atoms with Crippen LogP contribution in [0.5, 0.6) is 0 Å². The van der Waals surface area contributed by atoms with Gasteiger partial charge in [0.25, 0.3) is 0 Å². The fourth-order valence-corrected chi connectivity index (χ4v) is 12.5. The van der Waals surface area contributed by atoms with E-state index in [0.717, 1.165) is 67.6 Å². The van der Waals surface area contributed by atoms with E-state index in [1.807, 2.05) is 6.08 Å². The molecule has 4 fully saturated rings. The summed E-state index contributed by atoms with van der Waals surface area (Å²) < 4.78 is 6.42. The standard InChI is InChI=1S/C39H56O3/c1-24(2)7-6-8-25(3)31-15-16-32-30-14-13-28-23-29(17-20-37(28,4)33(30)18-21-38(31,32)5)42-36(41)39-22-19-34(40)35(39)26-9-11-27(39)12-10-26/h9,11,13,19,22,24-27,29-33,35H,6-8,10,12,14-18,20-21,23H2,1-5H3/t25-,26-,27-,29+,30-,31+,32-,33-,35-,37-,38+,39+/m0/s1. The molecule has 0 heterocycles. The molecule has 3 heteroatoms. The number of ether oxygens (including phenoxy) is 1. The fraction of sp³-hybridized carbons (Fsp3) is 0.795. The molecule has 0 radical (unpaired) electrons. The number of carbonyl (C=O) groups excluding carboxylic acids is 2. The predicted octanol–water partition coefficient (Wildman–Crippen LogP) is 9.28. The minimum Gasteiger partial charge on any atom is -0.461 e. The van der Waals surface area contributed by atoms with Crippen molar-refractivity contribution in [1.29, 1.82) is 0 Å². The number of carbonyl (C=O) groups is 2. The maximum absolute atomic E-state index is 13.9. The van der Waals surface area contributed by atoms with Crippen molar-refractivity contribution in [3.63, 3.8) is 0 Å². The molecule has 4 saturated carbocycles. The van der Waals surface area contributed by atoms with E-state index in [4.69, 9.17) is 4.74 Å². The fourth-order valence-electron chi connectivity index (χ4n) is 12.5. The van der Waals surface area contributed by atoms with Crippen LogP contribution in [0.15, 0.2) is 36.0 Å². The van der Waals surface area contributed by atoms with Gasteiger partial charge >= 0.3 is 5.97 Å². The molecule has 0 amide bonds. The zero-order chi connectivity index (χ0) is 29.4. The molecule has 12 atom stereocenters. The Morgan fingerprint density at radius 2 is 1.81 bits per heavy atom. The van der Waals surface area contributed by atoms with E-state index < -0.39 is 5.41 Å². The Kier molecular flexibility index (Phi) is 7.26. The van der Waals surface area contributed by atoms with Gasteiger partial charge < -0.3 is 4.74 Å². The van der Waals surface area contributed by atoms with E-state index in [9.17, 15) is 9.59 Å². The summed E-state index contributed by atoms with van der Waals surface area (Å²) in [5.41, 5.74) is 1.60. The number of ketones is 1. The van der Waals surface area contributed by atoms with Crippen molar-refractivity contribution in [2.24, 2.45) is 69.5 Å². The van der Waals surface area contributed by atoms with Crippen LogP contribution >= 0.6 is 0 Å². The monoisotopic (exact) mass is 572 g/mol. The first-order valence-corrected chi connectivity index (χ1v) is 17.9. The molecule has 8 aliphatic carbocycles. The average Bonchev–Trinajstić information content (AvgIpc) is 3.53. The highest BCUT2D eigenvalue weighted by molar-refractivity contribution is 6.02. The van der Waals surface area contributed by atoms with Crippen LogP contribution in [0.25, 0.3) is 0 Å². The van der Waals surface area contributed by atoms with E-state index in [-0.39, 0.29) is 41.0 Å². The van der Waals surface area contributed by atoms with Crippen LogP contribution in [0.4, 0.5) is 0 Å². The van der Waals surface area contributed by atoms with Gasteiger partial charge in [0.2, 0.25) is 0 Å². The molecule has 0 aromatic rings. The highest BCUT2D eigenvalue weighted by Gasteiger charge is 2.63. The number of rotatable bonds is 7. The van der Waals surface area contributed by atoms with Crippen molar-refractivity contribution >= 4 is 11.8 Å². The van der Waals surface area contributed by atoms with Crippen molar-refractivity contribution in [2.45, 2.75) is 124 Å². The van der Waals surface area contributed by atoms with E-state index in [0.29, 0.717) is 5.41 Å². The molecule has 8 rings (SSSR count). The van der Waals surface area contributed by atoms with Gasteiger partial charge in [-0.25, -0.2) is 0 Å². The van der Waals surface area contributed by atoms with Crippen molar-refractivity contribution in [3.05, 3.63) is 36.0 Å². The van der Waals surface area contributed by atoms with E-state index in [1.165, 1.54) is 51.4 Å². The molecule has 0 saturated heterocycles. The molecule has 8 aliphatic rings. The molecule has 0 N–H and O–H groups in total. The number of hydrogen-bond acceptors (Lipinski definition) is 3. The van der Waals surface area contributed by atoms with Crippen LogP contribution in [0.1, 0.15) is 118 Å². The van der Waals surface area contributed by atoms with Gasteiger partial charge in [0.05, 0.1) is 0 Å². The number of hydrogen-bond donors (Lipinski definition) is 0. The lowest BCUT2D eigenvalue weighted by Gasteiger charge is -2.58. The zero-order valence-electron chi connectivity index (χ0n) is 27.1. The first kappa shape index (κ1) is 29.1. The van der Waals surface area contributed by atoms with Crippen molar-refractivity contribution in [2.75, 3.05) is 0 Å². The summed E-state index contributed by atoms with van der Waals surface area (Å²) >= 11 is 0. The summed E-state index contributed by atoms with van der Waals surface area (Å²) in [6.07, 6.45) is 26.6. The van der Waals surface area contributed by atoms with Gasteiger partial charge in [-0.3, -0.25) is 9.59 Å². The lowest BCUT2D eigenvalue weighted by Crippen LogP contribution is -2.53. The van der Waals surface area contributed by atoms with Gasteiger partial charge in [0.1, 0.15) is 11.5 Å². The number of esters is 1. The van der Waals surface area contributed by atoms with Crippen LogP contribution in [-0.2, 0) is 14.3 Å². The second-order valence-corrected chi connectivity index (χ2v) is 16.9. The minimum absolute atomic E-state index is 0.0478. The largest absolute Gasteiger partial charge is 0.461 e. The van der Waals surface area contributed by atoms with Gasteiger partial charge in [-0.15, -0.1) is 0 Å². The summed E-state index contributed by atoms with van der Waals surface area (Å²) in [7, 11) is 0. The van der Waals surface area contributed by atoms with E-state index in [2.05, 4.69) is 52.8 Å². The predicted molar refractivity (Wildman–Crippen MR) is 168 cm³/mol. The molecular formula is C39H56O3.